The molecular weight excluding hydrogens is 242 g/mol. The van der Waals surface area contributed by atoms with Crippen LogP contribution in [0, 0.1) is 0 Å². The lowest BCUT2D eigenvalue weighted by molar-refractivity contribution is -0.138. The van der Waals surface area contributed by atoms with Gasteiger partial charge in [-0.2, -0.15) is 0 Å². The molecule has 1 aromatic carbocycles. The number of carboxylic acids is 1. The Hall–Kier alpha value is -1.39. The van der Waals surface area contributed by atoms with E-state index in [9.17, 15) is 4.79 Å². The molecule has 0 amide bonds. The normalized spacial score (nSPS) is 13.3. The van der Waals surface area contributed by atoms with Crippen molar-refractivity contribution in [1.29, 1.82) is 0 Å². The van der Waals surface area contributed by atoms with Crippen LogP contribution >= 0.6 is 0 Å². The van der Waals surface area contributed by atoms with Crippen molar-refractivity contribution in [2.45, 2.75) is 45.2 Å². The number of carbonyl (C=O) groups is 1. The Balaban J connectivity index is 2.60. The van der Waals surface area contributed by atoms with Crippen LogP contribution in [0.15, 0.2) is 24.3 Å². The molecule has 106 valence electrons. The number of benzene rings is 1. The molecule has 0 aliphatic heterocycles. The van der Waals surface area contributed by atoms with Crippen LogP contribution in [0.3, 0.4) is 0 Å². The van der Waals surface area contributed by atoms with E-state index >= 15 is 0 Å². The van der Waals surface area contributed by atoms with Crippen LogP contribution in [0.4, 0.5) is 0 Å². The maximum Gasteiger partial charge on any atom is 0.310 e. The molecular formula is C15H23NO3. The van der Waals surface area contributed by atoms with Gasteiger partial charge in [0.1, 0.15) is 0 Å². The zero-order valence-electron chi connectivity index (χ0n) is 11.8. The molecule has 0 heterocycles. The maximum absolute atomic E-state index is 10.9. The van der Waals surface area contributed by atoms with Gasteiger partial charge in [0.05, 0.1) is 5.92 Å². The second kappa shape index (κ2) is 6.68. The van der Waals surface area contributed by atoms with Crippen LogP contribution in [-0.2, 0) is 11.3 Å². The maximum atomic E-state index is 10.9. The summed E-state index contributed by atoms with van der Waals surface area (Å²) in [7, 11) is 0. The monoisotopic (exact) mass is 265 g/mol. The minimum absolute atomic E-state index is 0.109. The Morgan fingerprint density at radius 3 is 2.37 bits per heavy atom. The number of hydrogen-bond donors (Lipinski definition) is 3. The van der Waals surface area contributed by atoms with Crippen molar-refractivity contribution in [1.82, 2.24) is 5.32 Å². The van der Waals surface area contributed by atoms with E-state index in [4.69, 9.17) is 10.2 Å². The summed E-state index contributed by atoms with van der Waals surface area (Å²) in [5.74, 6) is -1.29. The van der Waals surface area contributed by atoms with Crippen LogP contribution in [0.1, 0.15) is 44.2 Å². The molecule has 0 bridgehead atoms. The smallest absolute Gasteiger partial charge is 0.310 e. The third kappa shape index (κ3) is 5.01. The predicted molar refractivity (Wildman–Crippen MR) is 75.1 cm³/mol. The van der Waals surface area contributed by atoms with Crippen molar-refractivity contribution in [3.63, 3.8) is 0 Å². The van der Waals surface area contributed by atoms with Gasteiger partial charge in [0.25, 0.3) is 0 Å². The Kier molecular flexibility index (Phi) is 5.51. The fraction of sp³-hybridized carbons (Fsp3) is 0.533. The SMILES string of the molecule is CC(C(=O)O)c1ccc(CNC(C)(C)CCO)cc1. The summed E-state index contributed by atoms with van der Waals surface area (Å²) in [6.07, 6.45) is 0.696. The zero-order valence-corrected chi connectivity index (χ0v) is 11.8. The fourth-order valence-corrected chi connectivity index (χ4v) is 1.78. The van der Waals surface area contributed by atoms with Gasteiger partial charge in [-0.05, 0) is 38.3 Å². The first-order valence-electron chi connectivity index (χ1n) is 6.53. The van der Waals surface area contributed by atoms with E-state index in [1.807, 2.05) is 38.1 Å². The second-order valence-electron chi connectivity index (χ2n) is 5.51. The van der Waals surface area contributed by atoms with Crippen LogP contribution in [0.2, 0.25) is 0 Å². The van der Waals surface area contributed by atoms with Gasteiger partial charge in [0.15, 0.2) is 0 Å². The Bertz CT molecular complexity index is 412. The van der Waals surface area contributed by atoms with Gasteiger partial charge in [-0.3, -0.25) is 4.79 Å². The lowest BCUT2D eigenvalue weighted by Gasteiger charge is -2.25. The van der Waals surface area contributed by atoms with E-state index < -0.39 is 11.9 Å². The quantitative estimate of drug-likeness (QED) is 0.706. The number of nitrogens with one attached hydrogen (secondary N) is 1. The summed E-state index contributed by atoms with van der Waals surface area (Å²) in [6.45, 7) is 6.64. The van der Waals surface area contributed by atoms with Gasteiger partial charge in [0, 0.05) is 18.7 Å². The number of aliphatic hydroxyl groups excluding tert-OH is 1. The van der Waals surface area contributed by atoms with Gasteiger partial charge in [0.2, 0.25) is 0 Å². The Morgan fingerprint density at radius 2 is 1.89 bits per heavy atom. The molecule has 0 fully saturated rings. The summed E-state index contributed by atoms with van der Waals surface area (Å²) in [6, 6.07) is 7.59. The van der Waals surface area contributed by atoms with E-state index in [0.29, 0.717) is 13.0 Å². The molecule has 0 spiro atoms. The average molecular weight is 265 g/mol. The number of aliphatic hydroxyl groups is 1. The lowest BCUT2D eigenvalue weighted by atomic mass is 9.98. The van der Waals surface area contributed by atoms with Crippen molar-refractivity contribution in [3.05, 3.63) is 35.4 Å². The first kappa shape index (κ1) is 15.7. The molecule has 0 radical (unpaired) electrons. The van der Waals surface area contributed by atoms with Gasteiger partial charge in [-0.25, -0.2) is 0 Å². The minimum atomic E-state index is -0.810. The second-order valence-corrected chi connectivity index (χ2v) is 5.51. The van der Waals surface area contributed by atoms with Gasteiger partial charge >= 0.3 is 5.97 Å². The number of aliphatic carboxylic acids is 1. The summed E-state index contributed by atoms with van der Waals surface area (Å²) in [5.41, 5.74) is 1.81. The van der Waals surface area contributed by atoms with Gasteiger partial charge < -0.3 is 15.5 Å². The number of rotatable bonds is 7. The van der Waals surface area contributed by atoms with E-state index in [1.165, 1.54) is 0 Å². The average Bonchev–Trinajstić information content (AvgIpc) is 2.36. The van der Waals surface area contributed by atoms with E-state index in [0.717, 1.165) is 11.1 Å². The molecule has 0 aromatic heterocycles. The zero-order chi connectivity index (χ0) is 14.5. The third-order valence-corrected chi connectivity index (χ3v) is 3.36. The Morgan fingerprint density at radius 1 is 1.32 bits per heavy atom. The van der Waals surface area contributed by atoms with Crippen molar-refractivity contribution < 1.29 is 15.0 Å². The van der Waals surface area contributed by atoms with Crippen LogP contribution in [0.25, 0.3) is 0 Å². The van der Waals surface area contributed by atoms with Crippen molar-refractivity contribution in [3.8, 4) is 0 Å². The fourth-order valence-electron chi connectivity index (χ4n) is 1.78. The summed E-state index contributed by atoms with van der Waals surface area (Å²) < 4.78 is 0. The van der Waals surface area contributed by atoms with Crippen LogP contribution in [0.5, 0.6) is 0 Å². The third-order valence-electron chi connectivity index (χ3n) is 3.36. The summed E-state index contributed by atoms with van der Waals surface area (Å²) in [4.78, 5) is 10.9. The van der Waals surface area contributed by atoms with E-state index in [2.05, 4.69) is 5.32 Å². The molecule has 0 saturated heterocycles. The summed E-state index contributed by atoms with van der Waals surface area (Å²) >= 11 is 0. The molecule has 1 aromatic rings. The topological polar surface area (TPSA) is 69.6 Å². The molecule has 1 unspecified atom stereocenters. The van der Waals surface area contributed by atoms with E-state index in [-0.39, 0.29) is 12.1 Å². The Labute approximate surface area is 114 Å². The van der Waals surface area contributed by atoms with Gasteiger partial charge in [-0.1, -0.05) is 24.3 Å². The molecule has 0 aliphatic carbocycles. The molecule has 0 aliphatic rings. The first-order chi connectivity index (χ1) is 8.85. The molecule has 4 heteroatoms. The molecule has 0 saturated carbocycles. The van der Waals surface area contributed by atoms with Gasteiger partial charge in [-0.15, -0.1) is 0 Å². The van der Waals surface area contributed by atoms with Crippen molar-refractivity contribution >= 4 is 5.97 Å². The predicted octanol–water partition coefficient (Wildman–Crippen LogP) is 2.13. The highest BCUT2D eigenvalue weighted by Crippen LogP contribution is 2.16. The molecule has 1 rings (SSSR count). The van der Waals surface area contributed by atoms with Crippen molar-refractivity contribution in [2.75, 3.05) is 6.61 Å². The summed E-state index contributed by atoms with van der Waals surface area (Å²) in [5, 5.41) is 21.3. The van der Waals surface area contributed by atoms with Crippen LogP contribution < -0.4 is 5.32 Å². The first-order valence-corrected chi connectivity index (χ1v) is 6.53. The largest absolute Gasteiger partial charge is 0.481 e. The molecule has 4 nitrogen and oxygen atoms in total. The van der Waals surface area contributed by atoms with Crippen LogP contribution in [-0.4, -0.2) is 28.3 Å². The highest BCUT2D eigenvalue weighted by molar-refractivity contribution is 5.75. The lowest BCUT2D eigenvalue weighted by Crippen LogP contribution is -2.39. The van der Waals surface area contributed by atoms with E-state index in [1.54, 1.807) is 6.92 Å². The molecule has 19 heavy (non-hydrogen) atoms. The molecule has 1 atom stereocenters. The highest BCUT2D eigenvalue weighted by atomic mass is 16.4. The molecule has 3 N–H and O–H groups in total. The standard InChI is InChI=1S/C15H23NO3/c1-11(14(18)19)13-6-4-12(5-7-13)10-16-15(2,3)8-9-17/h4-7,11,16-17H,8-10H2,1-3H3,(H,18,19). The highest BCUT2D eigenvalue weighted by Gasteiger charge is 2.16. The van der Waals surface area contributed by atoms with Crippen molar-refractivity contribution in [2.24, 2.45) is 0 Å². The number of hydrogen-bond acceptors (Lipinski definition) is 3. The minimum Gasteiger partial charge on any atom is -0.481 e. The number of carboxylic acid groups (broad SMARTS) is 1.